The number of nitrogens with one attached hydrogen (secondary N) is 1. The highest BCUT2D eigenvalue weighted by Gasteiger charge is 1.98. The van der Waals surface area contributed by atoms with Crippen LogP contribution in [0.5, 0.6) is 0 Å². The van der Waals surface area contributed by atoms with E-state index in [-0.39, 0.29) is 7.40 Å². The predicted octanol–water partition coefficient (Wildman–Crippen LogP) is 2.82. The molecule has 15 heavy (non-hydrogen) atoms. The maximum Gasteiger partial charge on any atom is 0.302 e. The van der Waals surface area contributed by atoms with Crippen LogP contribution in [-0.4, -0.2) is 12.0 Å². The molecule has 0 aliphatic rings. The summed E-state index contributed by atoms with van der Waals surface area (Å²) in [5, 5.41) is 3.29. The van der Waals surface area contributed by atoms with Crippen LogP contribution in [-0.2, 0) is 16.1 Å². The van der Waals surface area contributed by atoms with Crippen LogP contribution in [0.25, 0.3) is 0 Å². The average molecular weight is 209 g/mol. The van der Waals surface area contributed by atoms with Gasteiger partial charge in [0.15, 0.2) is 0 Å². The molecule has 0 aliphatic heterocycles. The SMILES string of the molecule is CC(=O)OCc1ccc(NC(C)C)cc1.[HH]. The van der Waals surface area contributed by atoms with Crippen LogP contribution in [0, 0.1) is 0 Å². The molecule has 0 saturated heterocycles. The lowest BCUT2D eigenvalue weighted by atomic mass is 10.2. The van der Waals surface area contributed by atoms with E-state index < -0.39 is 0 Å². The molecule has 0 fully saturated rings. The van der Waals surface area contributed by atoms with Crippen molar-refractivity contribution in [3.63, 3.8) is 0 Å². The summed E-state index contributed by atoms with van der Waals surface area (Å²) in [7, 11) is 0. The Hall–Kier alpha value is -1.51. The molecule has 0 aliphatic carbocycles. The summed E-state index contributed by atoms with van der Waals surface area (Å²) in [5.74, 6) is -0.251. The monoisotopic (exact) mass is 209 g/mol. The van der Waals surface area contributed by atoms with Crippen molar-refractivity contribution in [2.45, 2.75) is 33.4 Å². The fourth-order valence-electron chi connectivity index (χ4n) is 1.22. The van der Waals surface area contributed by atoms with E-state index in [2.05, 4.69) is 19.2 Å². The minimum atomic E-state index is -0.251. The van der Waals surface area contributed by atoms with Gasteiger partial charge < -0.3 is 10.1 Å². The molecule has 3 heteroatoms. The van der Waals surface area contributed by atoms with Gasteiger partial charge in [0.1, 0.15) is 6.61 Å². The number of hydrogen-bond acceptors (Lipinski definition) is 3. The molecule has 1 N–H and O–H groups in total. The molecule has 0 spiro atoms. The summed E-state index contributed by atoms with van der Waals surface area (Å²) in [6, 6.07) is 8.29. The predicted molar refractivity (Wildman–Crippen MR) is 62.8 cm³/mol. The van der Waals surface area contributed by atoms with Crippen LogP contribution in [0.3, 0.4) is 0 Å². The number of ether oxygens (including phenoxy) is 1. The Balaban J connectivity index is 0.00000225. The van der Waals surface area contributed by atoms with E-state index in [4.69, 9.17) is 4.74 Å². The molecule has 0 radical (unpaired) electrons. The van der Waals surface area contributed by atoms with Gasteiger partial charge in [-0.1, -0.05) is 12.1 Å². The normalized spacial score (nSPS) is 10.1. The van der Waals surface area contributed by atoms with Crippen molar-refractivity contribution in [2.75, 3.05) is 5.32 Å². The van der Waals surface area contributed by atoms with E-state index in [1.54, 1.807) is 0 Å². The standard InChI is InChI=1S/C12H17NO2.H2/c1-9(2)13-12-6-4-11(5-7-12)8-15-10(3)14;/h4-7,9,13H,8H2,1-3H3;1H. The van der Waals surface area contributed by atoms with Crippen LogP contribution in [0.15, 0.2) is 24.3 Å². The molecule has 0 bridgehead atoms. The van der Waals surface area contributed by atoms with Gasteiger partial charge in [-0.25, -0.2) is 0 Å². The first-order valence-electron chi connectivity index (χ1n) is 5.07. The first kappa shape index (κ1) is 11.6. The van der Waals surface area contributed by atoms with Gasteiger partial charge >= 0.3 is 5.97 Å². The molecule has 1 aromatic rings. The van der Waals surface area contributed by atoms with Gasteiger partial charge in [0.2, 0.25) is 0 Å². The van der Waals surface area contributed by atoms with E-state index >= 15 is 0 Å². The number of hydrogen-bond donors (Lipinski definition) is 1. The lowest BCUT2D eigenvalue weighted by Crippen LogP contribution is -2.09. The second kappa shape index (κ2) is 5.39. The van der Waals surface area contributed by atoms with Gasteiger partial charge in [0.25, 0.3) is 0 Å². The number of rotatable bonds is 4. The summed E-state index contributed by atoms with van der Waals surface area (Å²) in [5.41, 5.74) is 2.08. The third-order valence-corrected chi connectivity index (χ3v) is 1.85. The highest BCUT2D eigenvalue weighted by molar-refractivity contribution is 5.65. The Morgan fingerprint density at radius 3 is 2.47 bits per heavy atom. The Morgan fingerprint density at radius 2 is 2.00 bits per heavy atom. The molecule has 1 aromatic carbocycles. The Labute approximate surface area is 91.9 Å². The van der Waals surface area contributed by atoms with E-state index in [0.717, 1.165) is 11.3 Å². The summed E-state index contributed by atoms with van der Waals surface area (Å²) in [6.45, 7) is 5.94. The average Bonchev–Trinajstić information content (AvgIpc) is 2.16. The number of carbonyl (C=O) groups excluding carboxylic acids is 1. The van der Waals surface area contributed by atoms with E-state index in [9.17, 15) is 4.79 Å². The van der Waals surface area contributed by atoms with Crippen molar-refractivity contribution in [2.24, 2.45) is 0 Å². The molecular formula is C12H19NO2. The van der Waals surface area contributed by atoms with Gasteiger partial charge in [0, 0.05) is 20.1 Å². The van der Waals surface area contributed by atoms with Crippen molar-refractivity contribution in [3.8, 4) is 0 Å². The second-order valence-electron chi connectivity index (χ2n) is 3.78. The highest BCUT2D eigenvalue weighted by Crippen LogP contribution is 2.11. The molecule has 0 heterocycles. The van der Waals surface area contributed by atoms with Crippen molar-refractivity contribution in [1.29, 1.82) is 0 Å². The van der Waals surface area contributed by atoms with Crippen molar-refractivity contribution < 1.29 is 11.0 Å². The molecular weight excluding hydrogens is 190 g/mol. The van der Waals surface area contributed by atoms with E-state index in [0.29, 0.717) is 12.6 Å². The second-order valence-corrected chi connectivity index (χ2v) is 3.78. The van der Waals surface area contributed by atoms with Crippen LogP contribution in [0.4, 0.5) is 5.69 Å². The van der Waals surface area contributed by atoms with Gasteiger partial charge in [-0.05, 0) is 31.5 Å². The first-order chi connectivity index (χ1) is 7.08. The fraction of sp³-hybridized carbons (Fsp3) is 0.417. The third-order valence-electron chi connectivity index (χ3n) is 1.85. The summed E-state index contributed by atoms with van der Waals surface area (Å²) in [6.07, 6.45) is 0. The third kappa shape index (κ3) is 4.49. The number of benzene rings is 1. The van der Waals surface area contributed by atoms with Gasteiger partial charge in [-0.2, -0.15) is 0 Å². The van der Waals surface area contributed by atoms with E-state index in [1.165, 1.54) is 6.92 Å². The number of esters is 1. The molecule has 0 unspecified atom stereocenters. The molecule has 1 rings (SSSR count). The minimum absolute atomic E-state index is 0. The van der Waals surface area contributed by atoms with Gasteiger partial charge in [-0.15, -0.1) is 0 Å². The Kier molecular flexibility index (Phi) is 4.16. The quantitative estimate of drug-likeness (QED) is 0.775. The topological polar surface area (TPSA) is 38.3 Å². The summed E-state index contributed by atoms with van der Waals surface area (Å²) >= 11 is 0. The summed E-state index contributed by atoms with van der Waals surface area (Å²) < 4.78 is 4.89. The minimum Gasteiger partial charge on any atom is -0.461 e. The van der Waals surface area contributed by atoms with E-state index in [1.807, 2.05) is 24.3 Å². The van der Waals surface area contributed by atoms with Crippen molar-refractivity contribution in [3.05, 3.63) is 29.8 Å². The van der Waals surface area contributed by atoms with Gasteiger partial charge in [0.05, 0.1) is 0 Å². The van der Waals surface area contributed by atoms with Gasteiger partial charge in [-0.3, -0.25) is 4.79 Å². The van der Waals surface area contributed by atoms with Crippen LogP contribution in [0.2, 0.25) is 0 Å². The smallest absolute Gasteiger partial charge is 0.302 e. The number of anilines is 1. The number of carbonyl (C=O) groups is 1. The zero-order valence-electron chi connectivity index (χ0n) is 9.41. The first-order valence-corrected chi connectivity index (χ1v) is 5.07. The largest absolute Gasteiger partial charge is 0.461 e. The lowest BCUT2D eigenvalue weighted by Gasteiger charge is -2.10. The van der Waals surface area contributed by atoms with Crippen LogP contribution < -0.4 is 5.32 Å². The van der Waals surface area contributed by atoms with Crippen molar-refractivity contribution >= 4 is 11.7 Å². The molecule has 84 valence electrons. The maximum atomic E-state index is 10.6. The summed E-state index contributed by atoms with van der Waals surface area (Å²) in [4.78, 5) is 10.6. The Morgan fingerprint density at radius 1 is 1.40 bits per heavy atom. The zero-order valence-corrected chi connectivity index (χ0v) is 9.41. The molecule has 3 nitrogen and oxygen atoms in total. The molecule has 0 aromatic heterocycles. The zero-order chi connectivity index (χ0) is 11.3. The fourth-order valence-corrected chi connectivity index (χ4v) is 1.22. The Bertz CT molecular complexity index is 322. The highest BCUT2D eigenvalue weighted by atomic mass is 16.5. The maximum absolute atomic E-state index is 10.6. The van der Waals surface area contributed by atoms with Crippen LogP contribution >= 0.6 is 0 Å². The molecule has 0 saturated carbocycles. The lowest BCUT2D eigenvalue weighted by molar-refractivity contribution is -0.142. The molecule has 0 amide bonds. The molecule has 0 atom stereocenters. The van der Waals surface area contributed by atoms with Crippen molar-refractivity contribution in [1.82, 2.24) is 0 Å². The van der Waals surface area contributed by atoms with Crippen LogP contribution in [0.1, 0.15) is 27.8 Å².